The van der Waals surface area contributed by atoms with Gasteiger partial charge in [-0.1, -0.05) is 6.92 Å². The molecular formula is C13H13F3N2S. The minimum absolute atomic E-state index is 0.583. The molecule has 2 heterocycles. The van der Waals surface area contributed by atoms with Gasteiger partial charge in [-0.3, -0.25) is 0 Å². The van der Waals surface area contributed by atoms with E-state index in [-0.39, 0.29) is 0 Å². The van der Waals surface area contributed by atoms with Crippen LogP contribution in [0.25, 0.3) is 0 Å². The van der Waals surface area contributed by atoms with E-state index in [9.17, 15) is 13.2 Å². The van der Waals surface area contributed by atoms with Gasteiger partial charge in [-0.15, -0.1) is 11.3 Å². The molecule has 0 saturated heterocycles. The molecule has 0 amide bonds. The predicted molar refractivity (Wildman–Crippen MR) is 70.3 cm³/mol. The van der Waals surface area contributed by atoms with Crippen molar-refractivity contribution in [2.24, 2.45) is 0 Å². The highest BCUT2D eigenvalue weighted by molar-refractivity contribution is 7.12. The largest absolute Gasteiger partial charge is 0.433 e. The zero-order chi connectivity index (χ0) is 13.9. The third-order valence-corrected chi connectivity index (χ3v) is 3.82. The third-order valence-electron chi connectivity index (χ3n) is 2.59. The van der Waals surface area contributed by atoms with Gasteiger partial charge in [0.05, 0.1) is 11.9 Å². The highest BCUT2D eigenvalue weighted by atomic mass is 32.1. The van der Waals surface area contributed by atoms with Crippen LogP contribution in [0, 0.1) is 0 Å². The molecule has 0 unspecified atom stereocenters. The molecule has 1 N–H and O–H groups in total. The second kappa shape index (κ2) is 5.61. The molecule has 0 aliphatic carbocycles. The molecule has 0 saturated carbocycles. The molecular weight excluding hydrogens is 273 g/mol. The smallest absolute Gasteiger partial charge is 0.379 e. The first kappa shape index (κ1) is 13.9. The van der Waals surface area contributed by atoms with Gasteiger partial charge in [-0.25, -0.2) is 4.98 Å². The van der Waals surface area contributed by atoms with Gasteiger partial charge in [0.2, 0.25) is 0 Å². The van der Waals surface area contributed by atoms with Crippen molar-refractivity contribution in [2.75, 3.05) is 5.32 Å². The van der Waals surface area contributed by atoms with Crippen molar-refractivity contribution in [3.8, 4) is 0 Å². The molecule has 102 valence electrons. The number of thiophene rings is 1. The average Bonchev–Trinajstić information content (AvgIpc) is 2.84. The highest BCUT2D eigenvalue weighted by Gasteiger charge is 2.31. The summed E-state index contributed by atoms with van der Waals surface area (Å²) in [6.45, 7) is 2.68. The summed E-state index contributed by atoms with van der Waals surface area (Å²) in [4.78, 5) is 5.84. The van der Waals surface area contributed by atoms with Crippen molar-refractivity contribution in [1.82, 2.24) is 4.98 Å². The van der Waals surface area contributed by atoms with E-state index in [2.05, 4.69) is 23.3 Å². The SMILES string of the molecule is CCc1ccc(CNc2ccc(C(F)(F)F)nc2)s1. The molecule has 2 aromatic heterocycles. The van der Waals surface area contributed by atoms with Crippen LogP contribution in [0.2, 0.25) is 0 Å². The van der Waals surface area contributed by atoms with Crippen LogP contribution in [0.4, 0.5) is 18.9 Å². The van der Waals surface area contributed by atoms with Crippen molar-refractivity contribution in [1.29, 1.82) is 0 Å². The topological polar surface area (TPSA) is 24.9 Å². The van der Waals surface area contributed by atoms with Gasteiger partial charge in [-0.2, -0.15) is 13.2 Å². The molecule has 0 aliphatic rings. The van der Waals surface area contributed by atoms with Gasteiger partial charge in [-0.05, 0) is 30.7 Å². The Bertz CT molecular complexity index is 532. The van der Waals surface area contributed by atoms with Gasteiger partial charge in [0.25, 0.3) is 0 Å². The summed E-state index contributed by atoms with van der Waals surface area (Å²) in [7, 11) is 0. The first-order valence-electron chi connectivity index (χ1n) is 5.83. The van der Waals surface area contributed by atoms with Crippen LogP contribution in [0.15, 0.2) is 30.5 Å². The highest BCUT2D eigenvalue weighted by Crippen LogP contribution is 2.28. The number of anilines is 1. The fraction of sp³-hybridized carbons (Fsp3) is 0.308. The zero-order valence-corrected chi connectivity index (χ0v) is 11.1. The van der Waals surface area contributed by atoms with Gasteiger partial charge < -0.3 is 5.32 Å². The van der Waals surface area contributed by atoms with Crippen LogP contribution in [0.5, 0.6) is 0 Å². The van der Waals surface area contributed by atoms with Gasteiger partial charge in [0, 0.05) is 16.3 Å². The lowest BCUT2D eigenvalue weighted by molar-refractivity contribution is -0.141. The lowest BCUT2D eigenvalue weighted by Gasteiger charge is -2.07. The molecule has 19 heavy (non-hydrogen) atoms. The maximum Gasteiger partial charge on any atom is 0.433 e. The standard InChI is InChI=1S/C13H13F3N2S/c1-2-10-4-5-11(19-10)8-17-9-3-6-12(18-7-9)13(14,15)16/h3-7,17H,2,8H2,1H3. The van der Waals surface area contributed by atoms with Crippen LogP contribution in [-0.2, 0) is 19.1 Å². The molecule has 0 atom stereocenters. The normalized spacial score (nSPS) is 11.6. The maximum atomic E-state index is 12.3. The molecule has 6 heteroatoms. The number of pyridine rings is 1. The number of aryl methyl sites for hydroxylation is 1. The number of nitrogens with zero attached hydrogens (tertiary/aromatic N) is 1. The molecule has 0 bridgehead atoms. The van der Waals surface area contributed by atoms with E-state index in [1.54, 1.807) is 11.3 Å². The summed E-state index contributed by atoms with van der Waals surface area (Å²) in [5.74, 6) is 0. The van der Waals surface area contributed by atoms with E-state index in [0.29, 0.717) is 12.2 Å². The van der Waals surface area contributed by atoms with Gasteiger partial charge in [0.15, 0.2) is 0 Å². The molecule has 2 rings (SSSR count). The van der Waals surface area contributed by atoms with Crippen molar-refractivity contribution in [3.63, 3.8) is 0 Å². The summed E-state index contributed by atoms with van der Waals surface area (Å²) in [6.07, 6.45) is -2.19. The van der Waals surface area contributed by atoms with E-state index in [4.69, 9.17) is 0 Å². The predicted octanol–water partition coefficient (Wildman–Crippen LogP) is 4.34. The summed E-state index contributed by atoms with van der Waals surface area (Å²) < 4.78 is 37.0. The second-order valence-corrected chi connectivity index (χ2v) is 5.26. The van der Waals surface area contributed by atoms with Crippen molar-refractivity contribution < 1.29 is 13.2 Å². The fourth-order valence-electron chi connectivity index (χ4n) is 1.56. The Hall–Kier alpha value is -1.56. The van der Waals surface area contributed by atoms with Gasteiger partial charge in [0.1, 0.15) is 5.69 Å². The first-order valence-corrected chi connectivity index (χ1v) is 6.65. The Morgan fingerprint density at radius 3 is 2.42 bits per heavy atom. The monoisotopic (exact) mass is 286 g/mol. The summed E-state index contributed by atoms with van der Waals surface area (Å²) in [5.41, 5.74) is -0.290. The van der Waals surface area contributed by atoms with Crippen LogP contribution in [0.3, 0.4) is 0 Å². The molecule has 0 spiro atoms. The summed E-state index contributed by atoms with van der Waals surface area (Å²) >= 11 is 1.70. The number of rotatable bonds is 4. The van der Waals surface area contributed by atoms with E-state index in [1.165, 1.54) is 17.1 Å². The van der Waals surface area contributed by atoms with E-state index < -0.39 is 11.9 Å². The van der Waals surface area contributed by atoms with E-state index in [1.807, 2.05) is 6.07 Å². The Morgan fingerprint density at radius 1 is 1.16 bits per heavy atom. The zero-order valence-electron chi connectivity index (χ0n) is 10.3. The van der Waals surface area contributed by atoms with Crippen molar-refractivity contribution in [2.45, 2.75) is 26.1 Å². The Morgan fingerprint density at radius 2 is 1.89 bits per heavy atom. The number of aromatic nitrogens is 1. The van der Waals surface area contributed by atoms with Gasteiger partial charge >= 0.3 is 6.18 Å². The van der Waals surface area contributed by atoms with Crippen LogP contribution in [-0.4, -0.2) is 4.98 Å². The number of alkyl halides is 3. The Balaban J connectivity index is 1.96. The molecule has 0 aliphatic heterocycles. The maximum absolute atomic E-state index is 12.3. The number of nitrogens with one attached hydrogen (secondary N) is 1. The summed E-state index contributed by atoms with van der Waals surface area (Å²) in [6, 6.07) is 6.46. The molecule has 2 aromatic rings. The fourth-order valence-corrected chi connectivity index (χ4v) is 2.46. The molecule has 0 radical (unpaired) electrons. The van der Waals surface area contributed by atoms with Crippen molar-refractivity contribution in [3.05, 3.63) is 45.9 Å². The third kappa shape index (κ3) is 3.70. The minimum atomic E-state index is -4.39. The lowest BCUT2D eigenvalue weighted by atomic mass is 10.3. The first-order chi connectivity index (χ1) is 8.99. The Labute approximate surface area is 113 Å². The quantitative estimate of drug-likeness (QED) is 0.904. The van der Waals surface area contributed by atoms with Crippen LogP contribution >= 0.6 is 11.3 Å². The molecule has 2 nitrogen and oxygen atoms in total. The number of hydrogen-bond donors (Lipinski definition) is 1. The minimum Gasteiger partial charge on any atom is -0.379 e. The Kier molecular flexibility index (Phi) is 4.09. The number of halogens is 3. The second-order valence-electron chi connectivity index (χ2n) is 4.01. The van der Waals surface area contributed by atoms with Crippen LogP contribution in [0.1, 0.15) is 22.4 Å². The lowest BCUT2D eigenvalue weighted by Crippen LogP contribution is -2.08. The van der Waals surface area contributed by atoms with E-state index >= 15 is 0 Å². The molecule has 0 fully saturated rings. The van der Waals surface area contributed by atoms with Crippen molar-refractivity contribution >= 4 is 17.0 Å². The number of hydrogen-bond acceptors (Lipinski definition) is 3. The van der Waals surface area contributed by atoms with Crippen LogP contribution < -0.4 is 5.32 Å². The summed E-state index contributed by atoms with van der Waals surface area (Å²) in [5, 5.41) is 3.06. The molecule has 0 aromatic carbocycles. The average molecular weight is 286 g/mol. The van der Waals surface area contributed by atoms with E-state index in [0.717, 1.165) is 17.4 Å².